The van der Waals surface area contributed by atoms with Gasteiger partial charge in [-0.15, -0.1) is 11.3 Å². The van der Waals surface area contributed by atoms with E-state index in [0.717, 1.165) is 23.5 Å². The molecule has 0 spiro atoms. The number of fused-ring (bicyclic) bond motifs is 3. The van der Waals surface area contributed by atoms with Gasteiger partial charge in [0, 0.05) is 37.2 Å². The van der Waals surface area contributed by atoms with Crippen LogP contribution >= 0.6 is 11.3 Å². The molecule has 0 saturated heterocycles. The van der Waals surface area contributed by atoms with Gasteiger partial charge in [-0.2, -0.15) is 0 Å². The van der Waals surface area contributed by atoms with Gasteiger partial charge >= 0.3 is 0 Å². The fourth-order valence-electron chi connectivity index (χ4n) is 6.19. The molecule has 0 aliphatic heterocycles. The number of anilines is 3. The second kappa shape index (κ2) is 11.9. The van der Waals surface area contributed by atoms with Gasteiger partial charge in [0.15, 0.2) is 0 Å². The Bertz CT molecular complexity index is 2160. The SMILES string of the molecule is c1ccc(Cc2ccc(-c3ccc(-c4ccc5sc6cc(N(c7ccccc7)c7ccccc7)ccc6c5c4)cc3)cc2)cc1. The maximum atomic E-state index is 2.35. The highest BCUT2D eigenvalue weighted by molar-refractivity contribution is 7.25. The summed E-state index contributed by atoms with van der Waals surface area (Å²) >= 11 is 1.86. The molecule has 0 fully saturated rings. The van der Waals surface area contributed by atoms with Gasteiger partial charge in [0.05, 0.1) is 0 Å². The van der Waals surface area contributed by atoms with Crippen molar-refractivity contribution < 1.29 is 0 Å². The summed E-state index contributed by atoms with van der Waals surface area (Å²) in [6.07, 6.45) is 0.958. The van der Waals surface area contributed by atoms with Crippen LogP contribution in [0, 0.1) is 0 Å². The summed E-state index contributed by atoms with van der Waals surface area (Å²) in [6, 6.07) is 63.6. The smallest absolute Gasteiger partial charge is 0.0476 e. The highest BCUT2D eigenvalue weighted by atomic mass is 32.1. The third kappa shape index (κ3) is 5.53. The minimum atomic E-state index is 0.958. The molecule has 1 nitrogen and oxygen atoms in total. The molecule has 8 rings (SSSR count). The van der Waals surface area contributed by atoms with E-state index in [1.54, 1.807) is 0 Å². The molecule has 214 valence electrons. The Hall–Kier alpha value is -5.44. The molecule has 0 bridgehead atoms. The lowest BCUT2D eigenvalue weighted by atomic mass is 9.97. The number of hydrogen-bond donors (Lipinski definition) is 0. The maximum Gasteiger partial charge on any atom is 0.0476 e. The first kappa shape index (κ1) is 27.1. The lowest BCUT2D eigenvalue weighted by Crippen LogP contribution is -2.09. The van der Waals surface area contributed by atoms with Gasteiger partial charge in [0.1, 0.15) is 0 Å². The Labute approximate surface area is 268 Å². The van der Waals surface area contributed by atoms with E-state index in [1.807, 2.05) is 11.3 Å². The number of hydrogen-bond acceptors (Lipinski definition) is 2. The third-order valence-corrected chi connectivity index (χ3v) is 9.63. The molecule has 0 atom stereocenters. The Morgan fingerprint density at radius 3 is 1.49 bits per heavy atom. The molecule has 0 saturated carbocycles. The molecule has 2 heteroatoms. The van der Waals surface area contributed by atoms with Gasteiger partial charge in [0.2, 0.25) is 0 Å². The predicted molar refractivity (Wildman–Crippen MR) is 194 cm³/mol. The Kier molecular flexibility index (Phi) is 7.19. The lowest BCUT2D eigenvalue weighted by Gasteiger charge is -2.25. The zero-order valence-electron chi connectivity index (χ0n) is 24.8. The van der Waals surface area contributed by atoms with Crippen molar-refractivity contribution in [2.24, 2.45) is 0 Å². The highest BCUT2D eigenvalue weighted by Crippen LogP contribution is 2.41. The maximum absolute atomic E-state index is 2.35. The normalized spacial score (nSPS) is 11.2. The predicted octanol–water partition coefficient (Wildman–Crippen LogP) is 12.4. The average Bonchev–Trinajstić information content (AvgIpc) is 3.47. The zero-order valence-corrected chi connectivity index (χ0v) is 25.6. The van der Waals surface area contributed by atoms with Gasteiger partial charge in [-0.25, -0.2) is 0 Å². The van der Waals surface area contributed by atoms with E-state index in [2.05, 4.69) is 181 Å². The Morgan fingerprint density at radius 2 is 0.867 bits per heavy atom. The van der Waals surface area contributed by atoms with Crippen LogP contribution in [-0.4, -0.2) is 0 Å². The van der Waals surface area contributed by atoms with Crippen LogP contribution in [-0.2, 0) is 6.42 Å². The van der Waals surface area contributed by atoms with Crippen molar-refractivity contribution >= 4 is 48.6 Å². The van der Waals surface area contributed by atoms with Crippen molar-refractivity contribution in [3.63, 3.8) is 0 Å². The number of para-hydroxylation sites is 2. The molecule has 0 amide bonds. The van der Waals surface area contributed by atoms with Gasteiger partial charge in [-0.3, -0.25) is 0 Å². The molecule has 0 aliphatic carbocycles. The standard InChI is InChI=1S/C43H31NS/c1-4-10-31(11-5-1)28-32-16-18-33(19-17-32)34-20-22-35(23-21-34)36-24-27-42-41(29-36)40-26-25-39(30-43(40)45-42)44(37-12-6-2-7-13-37)38-14-8-3-9-15-38/h1-27,29-30H,28H2. The van der Waals surface area contributed by atoms with Crippen LogP contribution in [0.4, 0.5) is 17.1 Å². The van der Waals surface area contributed by atoms with E-state index < -0.39 is 0 Å². The van der Waals surface area contributed by atoms with E-state index in [4.69, 9.17) is 0 Å². The topological polar surface area (TPSA) is 3.24 Å². The summed E-state index contributed by atoms with van der Waals surface area (Å²) in [4.78, 5) is 2.33. The first-order valence-electron chi connectivity index (χ1n) is 15.4. The van der Waals surface area contributed by atoms with E-state index in [-0.39, 0.29) is 0 Å². The first-order valence-corrected chi connectivity index (χ1v) is 16.2. The van der Waals surface area contributed by atoms with Crippen LogP contribution in [0.1, 0.15) is 11.1 Å². The molecular weight excluding hydrogens is 563 g/mol. The molecule has 0 aliphatic rings. The second-order valence-corrected chi connectivity index (χ2v) is 12.5. The Morgan fingerprint density at radius 1 is 0.356 bits per heavy atom. The molecule has 1 aromatic heterocycles. The summed E-state index contributed by atoms with van der Waals surface area (Å²) in [5.41, 5.74) is 11.1. The molecule has 0 radical (unpaired) electrons. The minimum Gasteiger partial charge on any atom is -0.310 e. The van der Waals surface area contributed by atoms with Crippen LogP contribution in [0.15, 0.2) is 176 Å². The fraction of sp³-hybridized carbons (Fsp3) is 0.0233. The van der Waals surface area contributed by atoms with Gasteiger partial charge < -0.3 is 4.90 Å². The van der Waals surface area contributed by atoms with Crippen LogP contribution < -0.4 is 4.90 Å². The third-order valence-electron chi connectivity index (χ3n) is 8.50. The summed E-state index contributed by atoms with van der Waals surface area (Å²) in [5.74, 6) is 0. The number of thiophene rings is 1. The van der Waals surface area contributed by atoms with Crippen LogP contribution in [0.2, 0.25) is 0 Å². The molecular formula is C43H31NS. The summed E-state index contributed by atoms with van der Waals surface area (Å²) < 4.78 is 2.60. The van der Waals surface area contributed by atoms with Crippen LogP contribution in [0.5, 0.6) is 0 Å². The first-order chi connectivity index (χ1) is 22.3. The molecule has 1 heterocycles. The lowest BCUT2D eigenvalue weighted by molar-refractivity contribution is 1.19. The van der Waals surface area contributed by atoms with Crippen molar-refractivity contribution in [3.05, 3.63) is 187 Å². The molecule has 0 N–H and O–H groups in total. The van der Waals surface area contributed by atoms with Gasteiger partial charge in [-0.1, -0.05) is 127 Å². The van der Waals surface area contributed by atoms with Crippen LogP contribution in [0.25, 0.3) is 42.4 Å². The number of nitrogens with zero attached hydrogens (tertiary/aromatic N) is 1. The molecule has 0 unspecified atom stereocenters. The summed E-state index contributed by atoms with van der Waals surface area (Å²) in [7, 11) is 0. The summed E-state index contributed by atoms with van der Waals surface area (Å²) in [6.45, 7) is 0. The molecule has 7 aromatic carbocycles. The number of benzene rings is 7. The van der Waals surface area contributed by atoms with Crippen molar-refractivity contribution in [1.82, 2.24) is 0 Å². The quantitative estimate of drug-likeness (QED) is 0.178. The fourth-order valence-corrected chi connectivity index (χ4v) is 7.31. The molecule has 45 heavy (non-hydrogen) atoms. The van der Waals surface area contributed by atoms with Crippen LogP contribution in [0.3, 0.4) is 0 Å². The van der Waals surface area contributed by atoms with E-state index >= 15 is 0 Å². The van der Waals surface area contributed by atoms with Crippen molar-refractivity contribution in [2.75, 3.05) is 4.90 Å². The second-order valence-electron chi connectivity index (χ2n) is 11.4. The van der Waals surface area contributed by atoms with Crippen molar-refractivity contribution in [3.8, 4) is 22.3 Å². The number of rotatable bonds is 7. The van der Waals surface area contributed by atoms with E-state index in [9.17, 15) is 0 Å². The van der Waals surface area contributed by atoms with Crippen molar-refractivity contribution in [1.29, 1.82) is 0 Å². The molecule has 8 aromatic rings. The monoisotopic (exact) mass is 593 g/mol. The largest absolute Gasteiger partial charge is 0.310 e. The summed E-state index contributed by atoms with van der Waals surface area (Å²) in [5, 5.41) is 2.61. The Balaban J connectivity index is 1.08. The minimum absolute atomic E-state index is 0.958. The van der Waals surface area contributed by atoms with E-state index in [1.165, 1.54) is 53.6 Å². The highest BCUT2D eigenvalue weighted by Gasteiger charge is 2.14. The average molecular weight is 594 g/mol. The van der Waals surface area contributed by atoms with Gasteiger partial charge in [-0.05, 0) is 88.3 Å². The van der Waals surface area contributed by atoms with Crippen molar-refractivity contribution in [2.45, 2.75) is 6.42 Å². The van der Waals surface area contributed by atoms with E-state index in [0.29, 0.717) is 0 Å². The zero-order chi connectivity index (χ0) is 30.0. The van der Waals surface area contributed by atoms with Gasteiger partial charge in [0.25, 0.3) is 0 Å².